The van der Waals surface area contributed by atoms with Crippen LogP contribution in [0.2, 0.25) is 5.02 Å². The lowest BCUT2D eigenvalue weighted by molar-refractivity contribution is -0.159. The van der Waals surface area contributed by atoms with Gasteiger partial charge in [-0.15, -0.1) is 0 Å². The molecule has 0 bridgehead atoms. The van der Waals surface area contributed by atoms with Gasteiger partial charge in [-0.1, -0.05) is 17.7 Å². The summed E-state index contributed by atoms with van der Waals surface area (Å²) in [6, 6.07) is 5.83. The molecular weight excluding hydrogens is 403 g/mol. The summed E-state index contributed by atoms with van der Waals surface area (Å²) in [5.74, 6) is 0.230. The summed E-state index contributed by atoms with van der Waals surface area (Å²) in [4.78, 5) is 0. The standard InChI is InChI=1S/C16H20ClIO3/c17-13-9-11(1-2-14(13)18)15(19)12-3-6-21-16(10-12)4-7-20-8-5-16/h1-2,9,12,15,19H,3-8,10H2. The fourth-order valence-electron chi connectivity index (χ4n) is 3.40. The monoisotopic (exact) mass is 422 g/mol. The number of hydrogen-bond donors (Lipinski definition) is 1. The third kappa shape index (κ3) is 3.55. The molecule has 2 fully saturated rings. The molecule has 116 valence electrons. The molecule has 0 radical (unpaired) electrons. The van der Waals surface area contributed by atoms with Crippen molar-refractivity contribution >= 4 is 34.2 Å². The fourth-order valence-corrected chi connectivity index (χ4v) is 3.92. The highest BCUT2D eigenvalue weighted by Crippen LogP contribution is 2.42. The minimum absolute atomic E-state index is 0.0881. The molecule has 2 heterocycles. The van der Waals surface area contributed by atoms with Gasteiger partial charge in [0.15, 0.2) is 0 Å². The van der Waals surface area contributed by atoms with Crippen LogP contribution in [0.4, 0.5) is 0 Å². The fraction of sp³-hybridized carbons (Fsp3) is 0.625. The molecule has 0 amide bonds. The second-order valence-electron chi connectivity index (χ2n) is 6.02. The highest BCUT2D eigenvalue weighted by Gasteiger charge is 2.41. The van der Waals surface area contributed by atoms with Crippen molar-refractivity contribution < 1.29 is 14.6 Å². The molecule has 2 atom stereocenters. The molecule has 1 spiro atoms. The van der Waals surface area contributed by atoms with Crippen LogP contribution < -0.4 is 0 Å². The molecule has 1 aromatic rings. The predicted octanol–water partition coefficient (Wildman–Crippen LogP) is 3.95. The van der Waals surface area contributed by atoms with E-state index in [0.717, 1.165) is 54.6 Å². The zero-order valence-corrected chi connectivity index (χ0v) is 14.8. The zero-order valence-electron chi connectivity index (χ0n) is 11.9. The second-order valence-corrected chi connectivity index (χ2v) is 7.58. The first-order chi connectivity index (χ1) is 10.1. The molecule has 3 rings (SSSR count). The average molecular weight is 423 g/mol. The van der Waals surface area contributed by atoms with Crippen molar-refractivity contribution in [2.24, 2.45) is 5.92 Å². The summed E-state index contributed by atoms with van der Waals surface area (Å²) in [5, 5.41) is 11.4. The zero-order chi connectivity index (χ0) is 14.9. The van der Waals surface area contributed by atoms with E-state index in [1.165, 1.54) is 0 Å². The Bertz CT molecular complexity index is 497. The van der Waals surface area contributed by atoms with Gasteiger partial charge >= 0.3 is 0 Å². The van der Waals surface area contributed by atoms with Crippen LogP contribution in [0.15, 0.2) is 18.2 Å². The van der Waals surface area contributed by atoms with Crippen molar-refractivity contribution in [1.82, 2.24) is 0 Å². The van der Waals surface area contributed by atoms with Crippen LogP contribution >= 0.6 is 34.2 Å². The minimum Gasteiger partial charge on any atom is -0.388 e. The smallest absolute Gasteiger partial charge is 0.0820 e. The molecule has 2 saturated heterocycles. The lowest BCUT2D eigenvalue weighted by Gasteiger charge is -2.44. The van der Waals surface area contributed by atoms with Gasteiger partial charge in [0.05, 0.1) is 16.7 Å². The van der Waals surface area contributed by atoms with E-state index in [9.17, 15) is 5.11 Å². The van der Waals surface area contributed by atoms with Crippen molar-refractivity contribution in [2.75, 3.05) is 19.8 Å². The Kier molecular flexibility index (Phi) is 5.11. The number of ether oxygens (including phenoxy) is 2. The van der Waals surface area contributed by atoms with Crippen molar-refractivity contribution in [3.8, 4) is 0 Å². The molecule has 5 heteroatoms. The number of halogens is 2. The summed E-state index contributed by atoms with van der Waals surface area (Å²) < 4.78 is 12.5. The van der Waals surface area contributed by atoms with E-state index in [1.807, 2.05) is 18.2 Å². The van der Waals surface area contributed by atoms with E-state index >= 15 is 0 Å². The Balaban J connectivity index is 1.74. The highest BCUT2D eigenvalue weighted by atomic mass is 127. The molecule has 2 aliphatic heterocycles. The highest BCUT2D eigenvalue weighted by molar-refractivity contribution is 14.1. The Hall–Kier alpha value is 0.120. The number of aliphatic hydroxyl groups is 1. The Morgan fingerprint density at radius 3 is 2.76 bits per heavy atom. The number of rotatable bonds is 2. The maximum absolute atomic E-state index is 10.7. The third-order valence-electron chi connectivity index (χ3n) is 4.67. The van der Waals surface area contributed by atoms with Crippen molar-refractivity contribution in [3.05, 3.63) is 32.4 Å². The first-order valence-electron chi connectivity index (χ1n) is 7.44. The Morgan fingerprint density at radius 1 is 1.29 bits per heavy atom. The van der Waals surface area contributed by atoms with E-state index in [-0.39, 0.29) is 11.5 Å². The maximum atomic E-state index is 10.7. The molecular formula is C16H20ClIO3. The van der Waals surface area contributed by atoms with Crippen LogP contribution in [-0.2, 0) is 9.47 Å². The maximum Gasteiger partial charge on any atom is 0.0820 e. The first-order valence-corrected chi connectivity index (χ1v) is 8.90. The molecule has 3 nitrogen and oxygen atoms in total. The molecule has 0 saturated carbocycles. The van der Waals surface area contributed by atoms with Gasteiger partial charge in [0.25, 0.3) is 0 Å². The topological polar surface area (TPSA) is 38.7 Å². The van der Waals surface area contributed by atoms with E-state index in [4.69, 9.17) is 21.1 Å². The molecule has 2 unspecified atom stereocenters. The molecule has 1 N–H and O–H groups in total. The first kappa shape index (κ1) is 16.0. The normalized spacial score (nSPS) is 26.7. The van der Waals surface area contributed by atoms with E-state index < -0.39 is 6.10 Å². The van der Waals surface area contributed by atoms with Crippen molar-refractivity contribution in [1.29, 1.82) is 0 Å². The molecule has 0 aromatic heterocycles. The number of aliphatic hydroxyl groups excluding tert-OH is 1. The van der Waals surface area contributed by atoms with Crippen LogP contribution in [0.1, 0.15) is 37.4 Å². The van der Waals surface area contributed by atoms with Gasteiger partial charge in [-0.25, -0.2) is 0 Å². The number of benzene rings is 1. The SMILES string of the molecule is OC(c1ccc(I)c(Cl)c1)C1CCOC2(CCOCC2)C1. The quantitative estimate of drug-likeness (QED) is 0.734. The number of hydrogen-bond acceptors (Lipinski definition) is 3. The van der Waals surface area contributed by atoms with Crippen LogP contribution in [0.5, 0.6) is 0 Å². The predicted molar refractivity (Wildman–Crippen MR) is 90.6 cm³/mol. The van der Waals surface area contributed by atoms with E-state index in [1.54, 1.807) is 0 Å². The lowest BCUT2D eigenvalue weighted by atomic mass is 9.77. The van der Waals surface area contributed by atoms with Gasteiger partial charge in [-0.2, -0.15) is 0 Å². The molecule has 2 aliphatic rings. The summed E-state index contributed by atoms with van der Waals surface area (Å²) in [5.41, 5.74) is 0.823. The summed E-state index contributed by atoms with van der Waals surface area (Å²) in [7, 11) is 0. The van der Waals surface area contributed by atoms with E-state index in [2.05, 4.69) is 22.6 Å². The summed E-state index contributed by atoms with van der Waals surface area (Å²) in [6.07, 6.45) is 3.20. The molecule has 21 heavy (non-hydrogen) atoms. The Morgan fingerprint density at radius 2 is 2.05 bits per heavy atom. The summed E-state index contributed by atoms with van der Waals surface area (Å²) in [6.45, 7) is 2.25. The third-order valence-corrected chi connectivity index (χ3v) is 6.24. The van der Waals surface area contributed by atoms with Crippen LogP contribution in [0.3, 0.4) is 0 Å². The van der Waals surface area contributed by atoms with Gasteiger partial charge in [-0.05, 0) is 71.9 Å². The molecule has 1 aromatic carbocycles. The van der Waals surface area contributed by atoms with Crippen molar-refractivity contribution in [3.63, 3.8) is 0 Å². The summed E-state index contributed by atoms with van der Waals surface area (Å²) >= 11 is 8.38. The van der Waals surface area contributed by atoms with Gasteiger partial charge < -0.3 is 14.6 Å². The van der Waals surface area contributed by atoms with Crippen molar-refractivity contribution in [2.45, 2.75) is 37.4 Å². The van der Waals surface area contributed by atoms with E-state index in [0.29, 0.717) is 5.02 Å². The lowest BCUT2D eigenvalue weighted by Crippen LogP contribution is -2.45. The second kappa shape index (κ2) is 6.71. The largest absolute Gasteiger partial charge is 0.388 e. The van der Waals surface area contributed by atoms with Crippen LogP contribution in [0.25, 0.3) is 0 Å². The molecule has 0 aliphatic carbocycles. The minimum atomic E-state index is -0.469. The van der Waals surface area contributed by atoms with Crippen LogP contribution in [-0.4, -0.2) is 30.5 Å². The van der Waals surface area contributed by atoms with Crippen LogP contribution in [0, 0.1) is 9.49 Å². The van der Waals surface area contributed by atoms with Gasteiger partial charge in [-0.3, -0.25) is 0 Å². The Labute approximate surface area is 144 Å². The van der Waals surface area contributed by atoms with Gasteiger partial charge in [0.1, 0.15) is 0 Å². The average Bonchev–Trinajstić information content (AvgIpc) is 2.50. The van der Waals surface area contributed by atoms with Gasteiger partial charge in [0, 0.05) is 23.4 Å². The van der Waals surface area contributed by atoms with Gasteiger partial charge in [0.2, 0.25) is 0 Å².